The van der Waals surface area contributed by atoms with Gasteiger partial charge in [0.1, 0.15) is 132 Å². The van der Waals surface area contributed by atoms with Crippen molar-refractivity contribution >= 4 is 47.1 Å². The Bertz CT molecular complexity index is 4500. The number of carbonyl (C=O) groups excluding carboxylic acids is 8. The van der Waals surface area contributed by atoms with Crippen molar-refractivity contribution in [1.82, 2.24) is 36.8 Å². The van der Waals surface area contributed by atoms with Gasteiger partial charge in [-0.2, -0.15) is 0 Å². The van der Waals surface area contributed by atoms with Gasteiger partial charge in [-0.15, -0.1) is 0 Å². The number of primary amides is 1. The molecule has 24 atom stereocenters. The fourth-order valence-electron chi connectivity index (χ4n) is 14.9. The van der Waals surface area contributed by atoms with Crippen molar-refractivity contribution in [1.29, 1.82) is 0 Å². The first kappa shape index (κ1) is 86.1. The first-order valence-corrected chi connectivity index (χ1v) is 37.3. The maximum atomic E-state index is 16.2. The number of Topliss-reactive ketones (excluding diaryl/α,β-unsaturated/α-hetero) is 1. The molecule has 0 spiro atoms. The highest BCUT2D eigenvalue weighted by Crippen LogP contribution is 2.50. The van der Waals surface area contributed by atoms with Gasteiger partial charge in [-0.25, -0.2) is 0 Å². The highest BCUT2D eigenvalue weighted by Gasteiger charge is 2.55. The molecule has 3 saturated heterocycles. The van der Waals surface area contributed by atoms with Gasteiger partial charge in [0, 0.05) is 28.5 Å². The van der Waals surface area contributed by atoms with E-state index in [9.17, 15) is 80.8 Å². The van der Waals surface area contributed by atoms with E-state index in [1.54, 1.807) is 32.0 Å². The third kappa shape index (κ3) is 17.8. The minimum Gasteiger partial charge on any atom is -0.508 e. The maximum absolute atomic E-state index is 16.2. The molecular weight excluding hydrogens is 1510 g/mol. The number of aliphatic hydroxyl groups is 10. The number of likely N-dealkylation sites (N-methyl/N-ethyl adjacent to an activating group) is 1. The number of nitrogens with two attached hydrogens (primary N) is 1. The van der Waals surface area contributed by atoms with Crippen LogP contribution in [0.3, 0.4) is 0 Å². The molecule has 37 nitrogen and oxygen atoms in total. The lowest BCUT2D eigenvalue weighted by molar-refractivity contribution is -0.373. The Balaban J connectivity index is 1.08. The molecule has 11 bridgehead atoms. The molecule has 5 aromatic carbocycles. The number of aryl methyl sites for hydroxylation is 2. The first-order valence-electron chi connectivity index (χ1n) is 37.3. The van der Waals surface area contributed by atoms with Crippen molar-refractivity contribution in [3.05, 3.63) is 117 Å². The Morgan fingerprint density at radius 2 is 1.11 bits per heavy atom. The highest BCUT2D eigenvalue weighted by molar-refractivity contribution is 6.01. The second kappa shape index (κ2) is 35.4. The van der Waals surface area contributed by atoms with Crippen LogP contribution in [0.2, 0.25) is 0 Å². The van der Waals surface area contributed by atoms with Crippen molar-refractivity contribution in [2.24, 2.45) is 17.6 Å². The quantitative estimate of drug-likeness (QED) is 0.0495. The zero-order valence-corrected chi connectivity index (χ0v) is 64.3. The third-order valence-electron chi connectivity index (χ3n) is 21.6. The highest BCUT2D eigenvalue weighted by atomic mass is 16.8. The smallest absolute Gasteiger partial charge is 0.248 e. The minimum absolute atomic E-state index is 0.0341. The Morgan fingerprint density at radius 3 is 1.69 bits per heavy atom. The molecule has 7 amide bonds. The summed E-state index contributed by atoms with van der Waals surface area (Å²) in [5.41, 5.74) is 4.91. The average Bonchev–Trinajstić information content (AvgIpc) is 0.761. The van der Waals surface area contributed by atoms with E-state index in [1.165, 1.54) is 70.2 Å². The molecule has 37 heteroatoms. The molecule has 0 unspecified atom stereocenters. The maximum Gasteiger partial charge on any atom is 0.248 e. The second-order valence-corrected chi connectivity index (χ2v) is 30.5. The van der Waals surface area contributed by atoms with E-state index in [1.807, 2.05) is 13.8 Å². The summed E-state index contributed by atoms with van der Waals surface area (Å²) in [5.74, 6) is -14.8. The summed E-state index contributed by atoms with van der Waals surface area (Å²) >= 11 is 0. The normalized spacial score (nSPS) is 31.4. The monoisotopic (exact) mass is 1610 g/mol. The van der Waals surface area contributed by atoms with Crippen LogP contribution in [0.5, 0.6) is 46.0 Å². The van der Waals surface area contributed by atoms with E-state index in [2.05, 4.69) is 31.9 Å². The first-order chi connectivity index (χ1) is 54.3. The van der Waals surface area contributed by atoms with Gasteiger partial charge in [0.15, 0.2) is 29.9 Å². The molecule has 8 aliphatic rings. The fourth-order valence-corrected chi connectivity index (χ4v) is 14.9. The van der Waals surface area contributed by atoms with Gasteiger partial charge >= 0.3 is 0 Å². The van der Waals surface area contributed by atoms with E-state index in [-0.39, 0.29) is 68.3 Å². The van der Waals surface area contributed by atoms with Crippen LogP contribution >= 0.6 is 0 Å². The summed E-state index contributed by atoms with van der Waals surface area (Å²) < 4.78 is 49.9. The Kier molecular flexibility index (Phi) is 26.5. The lowest BCUT2D eigenvalue weighted by atomic mass is 9.86. The molecule has 0 aliphatic carbocycles. The van der Waals surface area contributed by atoms with Gasteiger partial charge < -0.3 is 142 Å². The van der Waals surface area contributed by atoms with Crippen LogP contribution in [0.4, 0.5) is 0 Å². The number of phenolic OH excluding ortho intramolecular Hbond substituents is 3. The van der Waals surface area contributed by atoms with Crippen LogP contribution in [-0.2, 0) is 62.0 Å². The van der Waals surface area contributed by atoms with Crippen molar-refractivity contribution in [3.8, 4) is 57.1 Å². The number of amides is 7. The van der Waals surface area contributed by atoms with Crippen molar-refractivity contribution in [2.75, 3.05) is 33.9 Å². The molecule has 8 heterocycles. The lowest BCUT2D eigenvalue weighted by Gasteiger charge is -2.48. The number of aromatic hydroxyl groups is 3. The van der Waals surface area contributed by atoms with E-state index >= 15 is 24.0 Å². The number of fused-ring (bicyclic) bond motifs is 15. The van der Waals surface area contributed by atoms with Crippen molar-refractivity contribution in [3.63, 3.8) is 0 Å². The molecule has 0 radical (unpaired) electrons. The van der Waals surface area contributed by atoms with E-state index < -0.39 is 260 Å². The predicted octanol–water partition coefficient (Wildman–Crippen LogP) is -1.67. The summed E-state index contributed by atoms with van der Waals surface area (Å²) in [5, 5.41) is 164. The molecule has 5 aromatic rings. The number of ketones is 1. The zero-order valence-electron chi connectivity index (χ0n) is 64.3. The van der Waals surface area contributed by atoms with Crippen LogP contribution in [0.25, 0.3) is 11.1 Å². The molecule has 21 N–H and O–H groups in total. The SMILES string of the molecule is CC(=O)[C@@H]1NC(=O)[C@H]2NC(=O)[C@H](NC(=O)[C@@H]3NC(=O)[C@H](CC(N)=O)NC(=O)[C@H](NC(=O)[C@@H](CC(C)C)N(C)C)[C@H](O)c4ccc(c(C)c4)Oc4cc3cc(c4O[C@@H]3O[C@H](CO)[C@@H](O[C@@H]4O[C@H](CO)[C@@H](O[C@@H]5O[C@H](CO)[C@H](O)[C@H](O)[C@H]5C)[C@H](O)[C@H]4O)[C@H](O)[C@H]3O)Oc3ccc(cc3C)[C@H]2C)c2ccc(O)c(c2)-c2c1cc(O)c(C)c2O. The molecular formula is C78H98N8O29. The standard InChI is InChI=1S/C78H98N8O29/c1-28(2)17-42(86(9)10)71(103)85-58-61(96)37-13-16-46(30(4)19-37)109-48-22-38-21-47(67(48)113-77-65(100)64(99)69(51(27-89)111-77)115-78-66(101)63(98)68(50(26-88)112-78)114-76-33(7)60(95)62(97)49(25-87)110-76)108-45-15-12-35(18-29(45)3)31(5)54-72(104)82-55(34(8)90)40-23-44(92)32(6)59(94)53(40)39-20-36(11-14-43(39)91)56(73(105)81-54)84-74(106)57(38)83-70(102)41(24-52(79)93)80-75(58)107/h11-16,18-23,28,31,33,41-42,49-51,54-58,60-66,68-69,76-78,87-89,91-92,94-101H,17,24-27H2,1-10H3,(H2,79,93)(H,80,107)(H,81,105)(H,82,104)(H,83,102)(H,84,106)(H,85,103)/t31-,33-,41+,42-,49-,50-,51-,54+,55+,56-,57-,58-,60-,61-,62+,63-,64-,65-,66-,68-,69-,76+,77+,78+/m1/s1. The number of benzene rings is 5. The van der Waals surface area contributed by atoms with E-state index in [0.29, 0.717) is 5.56 Å². The fraction of sp³-hybridized carbons (Fsp3) is 0.513. The van der Waals surface area contributed by atoms with Gasteiger partial charge in [-0.05, 0) is 142 Å². The van der Waals surface area contributed by atoms with Gasteiger partial charge in [-0.3, -0.25) is 43.3 Å². The molecule has 13 rings (SSSR count). The third-order valence-corrected chi connectivity index (χ3v) is 21.6. The van der Waals surface area contributed by atoms with E-state index in [0.717, 1.165) is 31.2 Å². The molecule has 624 valence electrons. The summed E-state index contributed by atoms with van der Waals surface area (Å²) in [4.78, 5) is 121. The number of nitrogens with one attached hydrogen (secondary N) is 6. The summed E-state index contributed by atoms with van der Waals surface area (Å²) in [6, 6.07) is 2.47. The molecule has 3 fully saturated rings. The van der Waals surface area contributed by atoms with Gasteiger partial charge in [0.2, 0.25) is 53.4 Å². The van der Waals surface area contributed by atoms with Crippen LogP contribution in [0.1, 0.15) is 122 Å². The summed E-state index contributed by atoms with van der Waals surface area (Å²) in [6.07, 6.45) is -28.6. The number of hydrogen-bond acceptors (Lipinski definition) is 30. The second-order valence-electron chi connectivity index (χ2n) is 30.5. The van der Waals surface area contributed by atoms with Crippen molar-refractivity contribution in [2.45, 2.75) is 209 Å². The predicted molar refractivity (Wildman–Crippen MR) is 397 cm³/mol. The number of nitrogens with zero attached hydrogens (tertiary/aromatic N) is 1. The minimum atomic E-state index is -2.31. The van der Waals surface area contributed by atoms with Gasteiger partial charge in [-0.1, -0.05) is 52.0 Å². The van der Waals surface area contributed by atoms with Crippen LogP contribution < -0.4 is 51.8 Å². The molecule has 8 aliphatic heterocycles. The van der Waals surface area contributed by atoms with Gasteiger partial charge in [0.05, 0.1) is 38.4 Å². The lowest BCUT2D eigenvalue weighted by Crippen LogP contribution is -2.66. The van der Waals surface area contributed by atoms with Crippen LogP contribution in [0.15, 0.2) is 72.8 Å². The topological polar surface area (TPSA) is 575 Å². The number of phenols is 3. The summed E-state index contributed by atoms with van der Waals surface area (Å²) in [6.45, 7) is 9.35. The number of rotatable bonds is 17. The number of aliphatic hydroxyl groups excluding tert-OH is 10. The zero-order chi connectivity index (χ0) is 83.9. The summed E-state index contributed by atoms with van der Waals surface area (Å²) in [7, 11) is 3.23. The average molecular weight is 1610 g/mol. The van der Waals surface area contributed by atoms with E-state index in [4.69, 9.17) is 43.6 Å². The number of hydrogen-bond donors (Lipinski definition) is 20. The molecule has 0 saturated carbocycles. The van der Waals surface area contributed by atoms with Gasteiger partial charge in [0.25, 0.3) is 0 Å². The number of carbonyl (C=O) groups is 8. The molecule has 115 heavy (non-hydrogen) atoms. The molecule has 0 aromatic heterocycles. The Hall–Kier alpha value is -9.78. The largest absolute Gasteiger partial charge is 0.508 e. The number of ether oxygens (including phenoxy) is 8. The van der Waals surface area contributed by atoms with Crippen molar-refractivity contribution < 1.29 is 143 Å². The Morgan fingerprint density at radius 1 is 0.574 bits per heavy atom. The van der Waals surface area contributed by atoms with Crippen LogP contribution in [-0.4, -0.2) is 263 Å². The Labute approximate surface area is 658 Å². The van der Waals surface area contributed by atoms with Crippen LogP contribution in [0, 0.1) is 32.6 Å².